The Bertz CT molecular complexity index is 482. The summed E-state index contributed by atoms with van der Waals surface area (Å²) >= 11 is 0. The molecule has 1 fully saturated rings. The normalized spacial score (nSPS) is 18.9. The third-order valence-corrected chi connectivity index (χ3v) is 3.50. The second kappa shape index (κ2) is 6.65. The Labute approximate surface area is 116 Å². The van der Waals surface area contributed by atoms with E-state index >= 15 is 0 Å². The van der Waals surface area contributed by atoms with Crippen LogP contribution in [0.2, 0.25) is 0 Å². The van der Waals surface area contributed by atoms with Crippen molar-refractivity contribution >= 4 is 6.03 Å². The third kappa shape index (κ3) is 3.66. The first-order chi connectivity index (χ1) is 9.60. The molecule has 6 heteroatoms. The second-order valence-corrected chi connectivity index (χ2v) is 5.03. The smallest absolute Gasteiger partial charge is 0.317 e. The number of nitrogens with zero attached hydrogens (tertiary/aromatic N) is 1. The molecule has 110 valence electrons. The van der Waals surface area contributed by atoms with Gasteiger partial charge in [-0.3, -0.25) is 0 Å². The summed E-state index contributed by atoms with van der Waals surface area (Å²) in [5.41, 5.74) is 0.120. The number of likely N-dealkylation sites (tertiary alicyclic amines) is 1. The summed E-state index contributed by atoms with van der Waals surface area (Å²) in [6, 6.07) is 2.84. The Morgan fingerprint density at radius 1 is 1.45 bits per heavy atom. The molecule has 0 saturated carbocycles. The summed E-state index contributed by atoms with van der Waals surface area (Å²) < 4.78 is 26.4. The van der Waals surface area contributed by atoms with Gasteiger partial charge in [-0.25, -0.2) is 13.6 Å². The van der Waals surface area contributed by atoms with Gasteiger partial charge in [0, 0.05) is 31.8 Å². The highest BCUT2D eigenvalue weighted by Gasteiger charge is 2.23. The third-order valence-electron chi connectivity index (χ3n) is 3.50. The molecular weight excluding hydrogens is 266 g/mol. The number of hydrogen-bond acceptors (Lipinski definition) is 2. The lowest BCUT2D eigenvalue weighted by atomic mass is 9.99. The number of hydrogen-bond donors (Lipinski definition) is 2. The summed E-state index contributed by atoms with van der Waals surface area (Å²) in [6.07, 6.45) is 1.74. The molecule has 0 spiro atoms. The molecule has 4 nitrogen and oxygen atoms in total. The van der Waals surface area contributed by atoms with Crippen LogP contribution in [0.4, 0.5) is 13.6 Å². The number of nitrogens with one attached hydrogen (secondary N) is 1. The maximum atomic E-state index is 13.4. The lowest BCUT2D eigenvalue weighted by molar-refractivity contribution is 0.129. The van der Waals surface area contributed by atoms with Gasteiger partial charge in [-0.1, -0.05) is 0 Å². The number of urea groups is 1. The average molecular weight is 284 g/mol. The second-order valence-electron chi connectivity index (χ2n) is 5.03. The van der Waals surface area contributed by atoms with E-state index in [0.29, 0.717) is 13.1 Å². The first-order valence-electron chi connectivity index (χ1n) is 6.67. The first-order valence-corrected chi connectivity index (χ1v) is 6.67. The fourth-order valence-corrected chi connectivity index (χ4v) is 2.36. The molecule has 1 heterocycles. The molecule has 20 heavy (non-hydrogen) atoms. The SMILES string of the molecule is O=C(NCc1cc(F)ccc1F)N1CCCC(CO)C1. The molecule has 0 radical (unpaired) electrons. The van der Waals surface area contributed by atoms with Crippen LogP contribution in [-0.4, -0.2) is 35.7 Å². The number of carbonyl (C=O) groups is 1. The average Bonchev–Trinajstić information content (AvgIpc) is 2.48. The molecular formula is C14H18F2N2O2. The van der Waals surface area contributed by atoms with Crippen molar-refractivity contribution in [1.82, 2.24) is 10.2 Å². The number of piperidine rings is 1. The van der Waals surface area contributed by atoms with E-state index in [1.807, 2.05) is 0 Å². The number of aliphatic hydroxyl groups is 1. The molecule has 1 aliphatic heterocycles. The Kier molecular flexibility index (Phi) is 4.89. The quantitative estimate of drug-likeness (QED) is 0.890. The number of amides is 2. The van der Waals surface area contributed by atoms with Crippen molar-refractivity contribution in [2.24, 2.45) is 5.92 Å². The Morgan fingerprint density at radius 2 is 2.25 bits per heavy atom. The zero-order valence-corrected chi connectivity index (χ0v) is 11.1. The Morgan fingerprint density at radius 3 is 3.00 bits per heavy atom. The van der Waals surface area contributed by atoms with Crippen molar-refractivity contribution in [2.45, 2.75) is 19.4 Å². The highest BCUT2D eigenvalue weighted by Crippen LogP contribution is 2.16. The summed E-state index contributed by atoms with van der Waals surface area (Å²) in [5, 5.41) is 11.7. The van der Waals surface area contributed by atoms with E-state index < -0.39 is 11.6 Å². The van der Waals surface area contributed by atoms with Gasteiger partial charge >= 0.3 is 6.03 Å². The minimum absolute atomic E-state index is 0.0529. The van der Waals surface area contributed by atoms with Crippen LogP contribution >= 0.6 is 0 Å². The molecule has 1 aliphatic rings. The molecule has 1 aromatic rings. The van der Waals surface area contributed by atoms with E-state index in [2.05, 4.69) is 5.32 Å². The minimum Gasteiger partial charge on any atom is -0.396 e. The number of halogens is 2. The predicted octanol–water partition coefficient (Wildman–Crippen LogP) is 1.88. The zero-order chi connectivity index (χ0) is 14.5. The van der Waals surface area contributed by atoms with Crippen molar-refractivity contribution in [3.8, 4) is 0 Å². The van der Waals surface area contributed by atoms with Crippen LogP contribution in [-0.2, 0) is 6.54 Å². The monoisotopic (exact) mass is 284 g/mol. The van der Waals surface area contributed by atoms with Crippen LogP contribution < -0.4 is 5.32 Å². The molecule has 2 rings (SSSR count). The number of carbonyl (C=O) groups excluding carboxylic acids is 1. The molecule has 0 bridgehead atoms. The van der Waals surface area contributed by atoms with Crippen molar-refractivity contribution in [3.63, 3.8) is 0 Å². The molecule has 1 saturated heterocycles. The fourth-order valence-electron chi connectivity index (χ4n) is 2.36. The van der Waals surface area contributed by atoms with E-state index in [1.165, 1.54) is 0 Å². The molecule has 2 amide bonds. The van der Waals surface area contributed by atoms with Gasteiger partial charge < -0.3 is 15.3 Å². The Hall–Kier alpha value is -1.69. The van der Waals surface area contributed by atoms with E-state index in [-0.39, 0.29) is 30.7 Å². The standard InChI is InChI=1S/C14H18F2N2O2/c15-12-3-4-13(16)11(6-12)7-17-14(20)18-5-1-2-10(8-18)9-19/h3-4,6,10,19H,1-2,5,7-9H2,(H,17,20). The van der Waals surface area contributed by atoms with Crippen molar-refractivity contribution in [3.05, 3.63) is 35.4 Å². The highest BCUT2D eigenvalue weighted by molar-refractivity contribution is 5.74. The first kappa shape index (κ1) is 14.7. The molecule has 1 atom stereocenters. The van der Waals surface area contributed by atoms with Gasteiger partial charge in [0.15, 0.2) is 0 Å². The summed E-state index contributed by atoms with van der Waals surface area (Å²) in [7, 11) is 0. The van der Waals surface area contributed by atoms with E-state index in [4.69, 9.17) is 5.11 Å². The molecule has 0 aliphatic carbocycles. The lowest BCUT2D eigenvalue weighted by Crippen LogP contribution is -2.46. The maximum Gasteiger partial charge on any atom is 0.317 e. The van der Waals surface area contributed by atoms with Crippen molar-refractivity contribution < 1.29 is 18.7 Å². The van der Waals surface area contributed by atoms with Gasteiger partial charge in [0.25, 0.3) is 0 Å². The van der Waals surface area contributed by atoms with Gasteiger partial charge in [0.2, 0.25) is 0 Å². The molecule has 0 aromatic heterocycles. The minimum atomic E-state index is -0.543. The number of aliphatic hydroxyl groups excluding tert-OH is 1. The topological polar surface area (TPSA) is 52.6 Å². The van der Waals surface area contributed by atoms with Crippen LogP contribution in [0.25, 0.3) is 0 Å². The van der Waals surface area contributed by atoms with Gasteiger partial charge in [-0.05, 0) is 37.0 Å². The zero-order valence-electron chi connectivity index (χ0n) is 11.1. The van der Waals surface area contributed by atoms with Crippen LogP contribution in [0.3, 0.4) is 0 Å². The molecule has 1 aromatic carbocycles. The summed E-state index contributed by atoms with van der Waals surface area (Å²) in [6.45, 7) is 1.12. The van der Waals surface area contributed by atoms with Gasteiger partial charge in [0.05, 0.1) is 0 Å². The van der Waals surface area contributed by atoms with Crippen molar-refractivity contribution in [2.75, 3.05) is 19.7 Å². The largest absolute Gasteiger partial charge is 0.396 e. The van der Waals surface area contributed by atoms with Crippen LogP contribution in [0.1, 0.15) is 18.4 Å². The van der Waals surface area contributed by atoms with Crippen LogP contribution in [0.5, 0.6) is 0 Å². The van der Waals surface area contributed by atoms with E-state index in [1.54, 1.807) is 4.90 Å². The van der Waals surface area contributed by atoms with Crippen LogP contribution in [0, 0.1) is 17.6 Å². The molecule has 1 unspecified atom stereocenters. The molecule has 2 N–H and O–H groups in total. The number of benzene rings is 1. The van der Waals surface area contributed by atoms with Gasteiger partial charge in [-0.15, -0.1) is 0 Å². The summed E-state index contributed by atoms with van der Waals surface area (Å²) in [5.74, 6) is -0.979. The van der Waals surface area contributed by atoms with Gasteiger partial charge in [0.1, 0.15) is 11.6 Å². The maximum absolute atomic E-state index is 13.4. The van der Waals surface area contributed by atoms with Crippen molar-refractivity contribution in [1.29, 1.82) is 0 Å². The van der Waals surface area contributed by atoms with Gasteiger partial charge in [-0.2, -0.15) is 0 Å². The Balaban J connectivity index is 1.90. The van der Waals surface area contributed by atoms with E-state index in [0.717, 1.165) is 31.0 Å². The van der Waals surface area contributed by atoms with E-state index in [9.17, 15) is 13.6 Å². The lowest BCUT2D eigenvalue weighted by Gasteiger charge is -2.31. The number of rotatable bonds is 3. The van der Waals surface area contributed by atoms with Crippen LogP contribution in [0.15, 0.2) is 18.2 Å². The fraction of sp³-hybridized carbons (Fsp3) is 0.500. The predicted molar refractivity (Wildman–Crippen MR) is 70.0 cm³/mol. The highest BCUT2D eigenvalue weighted by atomic mass is 19.1. The summed E-state index contributed by atoms with van der Waals surface area (Å²) in [4.78, 5) is 13.5.